The summed E-state index contributed by atoms with van der Waals surface area (Å²) in [5.74, 6) is -5.53. The van der Waals surface area contributed by atoms with Gasteiger partial charge in [-0.05, 0) is 37.6 Å². The lowest BCUT2D eigenvalue weighted by molar-refractivity contribution is -0.180. The van der Waals surface area contributed by atoms with Gasteiger partial charge in [0.25, 0.3) is 5.91 Å². The molecule has 0 aliphatic rings. The topological polar surface area (TPSA) is 106 Å². The van der Waals surface area contributed by atoms with E-state index in [-0.39, 0.29) is 51.3 Å². The molecule has 14 heteroatoms. The lowest BCUT2D eigenvalue weighted by atomic mass is 9.95. The molecule has 1 heterocycles. The number of carbonyl (C=O) groups is 4. The van der Waals surface area contributed by atoms with Crippen molar-refractivity contribution < 1.29 is 54.7 Å². The van der Waals surface area contributed by atoms with Crippen molar-refractivity contribution >= 4 is 40.2 Å². The first-order chi connectivity index (χ1) is 22.0. The largest absolute Gasteiger partial charge is 0.471 e. The summed E-state index contributed by atoms with van der Waals surface area (Å²) >= 11 is 0. The molecule has 1 atom stereocenters. The van der Waals surface area contributed by atoms with Gasteiger partial charge in [-0.15, -0.1) is 0 Å². The van der Waals surface area contributed by atoms with E-state index in [9.17, 15) is 45.5 Å². The molecule has 47 heavy (non-hydrogen) atoms. The molecule has 0 spiro atoms. The first-order valence-corrected chi connectivity index (χ1v) is 14.2. The van der Waals surface area contributed by atoms with E-state index in [4.69, 9.17) is 4.42 Å². The van der Waals surface area contributed by atoms with Gasteiger partial charge in [-0.25, -0.2) is 4.79 Å². The molecule has 8 nitrogen and oxygen atoms in total. The summed E-state index contributed by atoms with van der Waals surface area (Å²) in [5.41, 5.74) is 0.796. The Kier molecular flexibility index (Phi) is 9.83. The number of ketones is 1. The van der Waals surface area contributed by atoms with Gasteiger partial charge in [0.1, 0.15) is 11.3 Å². The van der Waals surface area contributed by atoms with Crippen LogP contribution in [0, 0.1) is 6.92 Å². The van der Waals surface area contributed by atoms with Crippen LogP contribution in [0.25, 0.3) is 33.4 Å². The summed E-state index contributed by atoms with van der Waals surface area (Å²) < 4.78 is 91.8. The lowest BCUT2D eigenvalue weighted by Gasteiger charge is -2.25. The monoisotopic (exact) mass is 662 g/mol. The number of nitrogens with zero attached hydrogens (tertiary/aromatic N) is 1. The van der Waals surface area contributed by atoms with Crippen molar-refractivity contribution in [2.75, 3.05) is 18.6 Å². The number of halogens is 6. The third kappa shape index (κ3) is 7.16. The highest BCUT2D eigenvalue weighted by atomic mass is 19.4. The van der Waals surface area contributed by atoms with Crippen LogP contribution in [0.3, 0.4) is 0 Å². The molecule has 0 fully saturated rings. The SMILES string of the molecule is CCC(=O)c1c(-c2ccc(C)cc2)oc2cc(N(CC)C(=O)C(F)(F)F)c(-c3cccc(C(=O)NC(C(=O)OC)C(F)(F)F)c3)cc12. The summed E-state index contributed by atoms with van der Waals surface area (Å²) in [7, 11) is 0.713. The molecular weight excluding hydrogens is 634 g/mol. The molecule has 1 unspecified atom stereocenters. The maximum absolute atomic E-state index is 13.7. The first kappa shape index (κ1) is 34.7. The number of furan rings is 1. The number of benzene rings is 3. The van der Waals surface area contributed by atoms with Gasteiger partial charge in [0.2, 0.25) is 6.04 Å². The number of esters is 1. The highest BCUT2D eigenvalue weighted by Crippen LogP contribution is 2.42. The summed E-state index contributed by atoms with van der Waals surface area (Å²) in [6.07, 6.45) is -10.4. The van der Waals surface area contributed by atoms with Crippen molar-refractivity contribution in [1.82, 2.24) is 5.32 Å². The Morgan fingerprint density at radius 2 is 1.57 bits per heavy atom. The maximum atomic E-state index is 13.7. The number of rotatable bonds is 9. The van der Waals surface area contributed by atoms with Gasteiger partial charge in [-0.1, -0.05) is 48.9 Å². The standard InChI is InChI=1S/C33H28F6N2O6/c1-5-24(42)26-22-15-21(19-8-7-9-20(14-19)29(43)40-28(30(44)46-4)32(34,35)36)23(41(6-2)31(45)33(37,38)39)16-25(22)47-27(26)18-12-10-17(3)11-13-18/h7-16,28H,5-6H2,1-4H3,(H,40,43). The van der Waals surface area contributed by atoms with Gasteiger partial charge in [0.05, 0.1) is 18.4 Å². The number of hydrogen-bond acceptors (Lipinski definition) is 6. The van der Waals surface area contributed by atoms with Crippen molar-refractivity contribution in [3.63, 3.8) is 0 Å². The molecule has 4 aromatic rings. The molecule has 2 amide bonds. The number of amides is 2. The number of carbonyl (C=O) groups excluding carboxylic acids is 4. The number of methoxy groups -OCH3 is 1. The van der Waals surface area contributed by atoms with E-state index < -0.39 is 48.3 Å². The molecule has 4 rings (SSSR count). The third-order valence-electron chi connectivity index (χ3n) is 7.29. The minimum Gasteiger partial charge on any atom is -0.467 e. The number of alkyl halides is 6. The van der Waals surface area contributed by atoms with E-state index in [0.717, 1.165) is 17.7 Å². The van der Waals surface area contributed by atoms with Crippen LogP contribution in [-0.4, -0.2) is 55.6 Å². The smallest absolute Gasteiger partial charge is 0.467 e. The normalized spacial score (nSPS) is 12.5. The Balaban J connectivity index is 1.98. The van der Waals surface area contributed by atoms with Gasteiger partial charge < -0.3 is 19.4 Å². The van der Waals surface area contributed by atoms with Crippen LogP contribution in [0.1, 0.15) is 46.5 Å². The highest BCUT2D eigenvalue weighted by molar-refractivity contribution is 6.14. The zero-order valence-corrected chi connectivity index (χ0v) is 25.4. The van der Waals surface area contributed by atoms with Crippen LogP contribution >= 0.6 is 0 Å². The second-order valence-corrected chi connectivity index (χ2v) is 10.4. The molecule has 0 saturated heterocycles. The zero-order valence-electron chi connectivity index (χ0n) is 25.4. The van der Waals surface area contributed by atoms with Crippen LogP contribution in [0.4, 0.5) is 32.0 Å². The lowest BCUT2D eigenvalue weighted by Crippen LogP contribution is -2.51. The summed E-state index contributed by atoms with van der Waals surface area (Å²) in [6, 6.07) is 11.3. The molecule has 3 aromatic carbocycles. The molecule has 0 bridgehead atoms. The average Bonchev–Trinajstić information content (AvgIpc) is 3.40. The van der Waals surface area contributed by atoms with Crippen molar-refractivity contribution in [3.8, 4) is 22.5 Å². The second kappa shape index (κ2) is 13.3. The minimum absolute atomic E-state index is 0.00968. The van der Waals surface area contributed by atoms with Crippen molar-refractivity contribution in [3.05, 3.63) is 77.4 Å². The number of ether oxygens (including phenoxy) is 1. The summed E-state index contributed by atoms with van der Waals surface area (Å²) in [6.45, 7) is 4.30. The fraction of sp³-hybridized carbons (Fsp3) is 0.273. The van der Waals surface area contributed by atoms with E-state index in [0.29, 0.717) is 17.6 Å². The first-order valence-electron chi connectivity index (χ1n) is 14.2. The number of fused-ring (bicyclic) bond motifs is 1. The Morgan fingerprint density at radius 3 is 2.13 bits per heavy atom. The quantitative estimate of drug-likeness (QED) is 0.114. The van der Waals surface area contributed by atoms with Crippen molar-refractivity contribution in [2.24, 2.45) is 0 Å². The van der Waals surface area contributed by atoms with Gasteiger partial charge in [-0.2, -0.15) is 26.3 Å². The van der Waals surface area contributed by atoms with Gasteiger partial charge >= 0.3 is 24.2 Å². The molecule has 248 valence electrons. The molecule has 0 aliphatic carbocycles. The van der Waals surface area contributed by atoms with E-state index >= 15 is 0 Å². The predicted octanol–water partition coefficient (Wildman–Crippen LogP) is 7.42. The van der Waals surface area contributed by atoms with Crippen LogP contribution < -0.4 is 10.2 Å². The van der Waals surface area contributed by atoms with Gasteiger partial charge in [0, 0.05) is 41.1 Å². The van der Waals surface area contributed by atoms with Crippen LogP contribution in [-0.2, 0) is 14.3 Å². The Bertz CT molecular complexity index is 1840. The molecular formula is C33H28F6N2O6. The van der Waals surface area contributed by atoms with Crippen LogP contribution in [0.2, 0.25) is 0 Å². The molecule has 0 radical (unpaired) electrons. The van der Waals surface area contributed by atoms with E-state index in [1.165, 1.54) is 31.2 Å². The number of aryl methyl sites for hydroxylation is 1. The fourth-order valence-corrected chi connectivity index (χ4v) is 4.96. The Hall–Kier alpha value is -5.14. The third-order valence-corrected chi connectivity index (χ3v) is 7.29. The maximum Gasteiger partial charge on any atom is 0.471 e. The minimum atomic E-state index is -5.29. The number of Topliss-reactive ketones (excluding diaryl/α,β-unsaturated/α-hetero) is 1. The van der Waals surface area contributed by atoms with Gasteiger partial charge in [0.15, 0.2) is 5.78 Å². The molecule has 0 saturated carbocycles. The van der Waals surface area contributed by atoms with Crippen molar-refractivity contribution in [2.45, 2.75) is 45.6 Å². The predicted molar refractivity (Wildman–Crippen MR) is 160 cm³/mol. The zero-order chi connectivity index (χ0) is 34.8. The van der Waals surface area contributed by atoms with E-state index in [1.807, 2.05) is 6.92 Å². The Morgan fingerprint density at radius 1 is 0.915 bits per heavy atom. The molecule has 1 N–H and O–H groups in total. The highest BCUT2D eigenvalue weighted by Gasteiger charge is 2.47. The molecule has 1 aromatic heterocycles. The molecule has 0 aliphatic heterocycles. The van der Waals surface area contributed by atoms with E-state index in [1.54, 1.807) is 36.5 Å². The summed E-state index contributed by atoms with van der Waals surface area (Å²) in [5, 5.41) is 1.76. The number of nitrogens with one attached hydrogen (secondary N) is 1. The number of hydrogen-bond donors (Lipinski definition) is 1. The fourth-order valence-electron chi connectivity index (χ4n) is 4.96. The summed E-state index contributed by atoms with van der Waals surface area (Å²) in [4.78, 5) is 50.9. The van der Waals surface area contributed by atoms with Gasteiger partial charge in [-0.3, -0.25) is 14.4 Å². The van der Waals surface area contributed by atoms with Crippen LogP contribution in [0.15, 0.2) is 65.1 Å². The Labute approximate surface area is 264 Å². The second-order valence-electron chi connectivity index (χ2n) is 10.4. The van der Waals surface area contributed by atoms with Crippen LogP contribution in [0.5, 0.6) is 0 Å². The number of anilines is 1. The van der Waals surface area contributed by atoms with Crippen molar-refractivity contribution in [1.29, 1.82) is 0 Å². The average molecular weight is 663 g/mol. The van der Waals surface area contributed by atoms with E-state index in [2.05, 4.69) is 4.74 Å².